The number of benzene rings is 1. The molecular formula is C19H24N4O4. The molecule has 1 aromatic carbocycles. The fourth-order valence-electron chi connectivity index (χ4n) is 2.80. The highest BCUT2D eigenvalue weighted by Gasteiger charge is 2.17. The Labute approximate surface area is 158 Å². The van der Waals surface area contributed by atoms with E-state index >= 15 is 0 Å². The van der Waals surface area contributed by atoms with Crippen LogP contribution in [0.2, 0.25) is 0 Å². The molecule has 2 aromatic rings. The zero-order chi connectivity index (χ0) is 19.1. The number of nitrogens with zero attached hydrogens (tertiary/aromatic N) is 3. The van der Waals surface area contributed by atoms with Gasteiger partial charge >= 0.3 is 0 Å². The number of carbonyl (C=O) groups excluding carboxylic acids is 2. The maximum Gasteiger partial charge on any atom is 0.260 e. The van der Waals surface area contributed by atoms with Crippen molar-refractivity contribution >= 4 is 17.5 Å². The zero-order valence-electron chi connectivity index (χ0n) is 15.4. The molecular weight excluding hydrogens is 348 g/mol. The van der Waals surface area contributed by atoms with E-state index in [0.717, 1.165) is 5.69 Å². The van der Waals surface area contributed by atoms with Crippen molar-refractivity contribution in [3.63, 3.8) is 0 Å². The molecule has 0 saturated carbocycles. The molecule has 8 heteroatoms. The van der Waals surface area contributed by atoms with Gasteiger partial charge in [0.1, 0.15) is 5.75 Å². The third-order valence-corrected chi connectivity index (χ3v) is 4.39. The molecule has 144 valence electrons. The molecule has 3 rings (SSSR count). The standard InChI is InChI=1S/C19H24N4O4/c1-22-16(8-9-20-22)4-7-18(24)21-15-2-5-17(6-3-15)27-14-19(25)23-10-12-26-13-11-23/h2-3,5-6,8-9H,4,7,10-14H2,1H3,(H,21,24). The van der Waals surface area contributed by atoms with Gasteiger partial charge in [-0.25, -0.2) is 0 Å². The highest BCUT2D eigenvalue weighted by molar-refractivity contribution is 5.90. The number of nitrogens with one attached hydrogen (secondary N) is 1. The largest absolute Gasteiger partial charge is 0.484 e. The van der Waals surface area contributed by atoms with Gasteiger partial charge in [0, 0.05) is 44.1 Å². The number of morpholine rings is 1. The Bertz CT molecular complexity index is 766. The second kappa shape index (κ2) is 9.18. The van der Waals surface area contributed by atoms with E-state index < -0.39 is 0 Å². The summed E-state index contributed by atoms with van der Waals surface area (Å²) in [5.74, 6) is 0.475. The molecule has 1 fully saturated rings. The Hall–Kier alpha value is -2.87. The Morgan fingerprint density at radius 1 is 1.19 bits per heavy atom. The van der Waals surface area contributed by atoms with Crippen LogP contribution in [-0.4, -0.2) is 59.4 Å². The van der Waals surface area contributed by atoms with Crippen molar-refractivity contribution in [3.05, 3.63) is 42.2 Å². The van der Waals surface area contributed by atoms with E-state index in [1.807, 2.05) is 13.1 Å². The van der Waals surface area contributed by atoms with Crippen LogP contribution in [0.1, 0.15) is 12.1 Å². The zero-order valence-corrected chi connectivity index (χ0v) is 15.4. The van der Waals surface area contributed by atoms with Crippen molar-refractivity contribution in [1.82, 2.24) is 14.7 Å². The van der Waals surface area contributed by atoms with E-state index in [-0.39, 0.29) is 18.4 Å². The van der Waals surface area contributed by atoms with Crippen molar-refractivity contribution in [2.24, 2.45) is 7.05 Å². The van der Waals surface area contributed by atoms with E-state index in [4.69, 9.17) is 9.47 Å². The number of ether oxygens (including phenoxy) is 2. The molecule has 1 aliphatic heterocycles. The fraction of sp³-hybridized carbons (Fsp3) is 0.421. The summed E-state index contributed by atoms with van der Waals surface area (Å²) in [4.78, 5) is 25.9. The summed E-state index contributed by atoms with van der Waals surface area (Å²) in [6.45, 7) is 2.34. The van der Waals surface area contributed by atoms with Crippen LogP contribution in [0.4, 0.5) is 5.69 Å². The van der Waals surface area contributed by atoms with Gasteiger partial charge in [-0.15, -0.1) is 0 Å². The number of aryl methyl sites for hydroxylation is 2. The van der Waals surface area contributed by atoms with Crippen LogP contribution in [0, 0.1) is 0 Å². The Balaban J connectivity index is 1.42. The molecule has 8 nitrogen and oxygen atoms in total. The number of hydrogen-bond acceptors (Lipinski definition) is 5. The summed E-state index contributed by atoms with van der Waals surface area (Å²) >= 11 is 0. The van der Waals surface area contributed by atoms with Crippen LogP contribution >= 0.6 is 0 Å². The predicted molar refractivity (Wildman–Crippen MR) is 99.5 cm³/mol. The average Bonchev–Trinajstić information content (AvgIpc) is 3.11. The van der Waals surface area contributed by atoms with Gasteiger partial charge in [0.05, 0.1) is 13.2 Å². The first-order chi connectivity index (χ1) is 13.1. The minimum absolute atomic E-state index is 0.00357. The van der Waals surface area contributed by atoms with Crippen molar-refractivity contribution in [2.75, 3.05) is 38.2 Å². The van der Waals surface area contributed by atoms with Gasteiger partial charge in [0.2, 0.25) is 5.91 Å². The molecule has 27 heavy (non-hydrogen) atoms. The number of rotatable bonds is 7. The van der Waals surface area contributed by atoms with Crippen molar-refractivity contribution < 1.29 is 19.1 Å². The number of amides is 2. The Morgan fingerprint density at radius 3 is 2.59 bits per heavy atom. The second-order valence-electron chi connectivity index (χ2n) is 6.30. The maximum absolute atomic E-state index is 12.1. The van der Waals surface area contributed by atoms with Gasteiger partial charge in [-0.1, -0.05) is 0 Å². The molecule has 1 N–H and O–H groups in total. The quantitative estimate of drug-likeness (QED) is 0.790. The first-order valence-corrected chi connectivity index (χ1v) is 8.97. The van der Waals surface area contributed by atoms with Crippen molar-refractivity contribution in [1.29, 1.82) is 0 Å². The lowest BCUT2D eigenvalue weighted by molar-refractivity contribution is -0.137. The number of carbonyl (C=O) groups is 2. The minimum atomic E-state index is -0.0626. The van der Waals surface area contributed by atoms with Crippen LogP contribution < -0.4 is 10.1 Å². The normalized spacial score (nSPS) is 14.0. The van der Waals surface area contributed by atoms with E-state index in [9.17, 15) is 9.59 Å². The van der Waals surface area contributed by atoms with E-state index in [2.05, 4.69) is 10.4 Å². The lowest BCUT2D eigenvalue weighted by Gasteiger charge is -2.26. The lowest BCUT2D eigenvalue weighted by Crippen LogP contribution is -2.42. The average molecular weight is 372 g/mol. The van der Waals surface area contributed by atoms with Gasteiger partial charge in [0.15, 0.2) is 6.61 Å². The lowest BCUT2D eigenvalue weighted by atomic mass is 10.2. The van der Waals surface area contributed by atoms with Crippen LogP contribution in [-0.2, 0) is 27.8 Å². The highest BCUT2D eigenvalue weighted by Crippen LogP contribution is 2.16. The first-order valence-electron chi connectivity index (χ1n) is 8.97. The molecule has 2 heterocycles. The molecule has 0 atom stereocenters. The molecule has 2 amide bonds. The topological polar surface area (TPSA) is 85.7 Å². The summed E-state index contributed by atoms with van der Waals surface area (Å²) in [7, 11) is 1.86. The van der Waals surface area contributed by atoms with Gasteiger partial charge in [-0.2, -0.15) is 5.10 Å². The van der Waals surface area contributed by atoms with Gasteiger partial charge in [-0.3, -0.25) is 14.3 Å². The summed E-state index contributed by atoms with van der Waals surface area (Å²) < 4.78 is 12.5. The molecule has 1 saturated heterocycles. The van der Waals surface area contributed by atoms with Crippen LogP contribution in [0.3, 0.4) is 0 Å². The number of hydrogen-bond donors (Lipinski definition) is 1. The van der Waals surface area contributed by atoms with Gasteiger partial charge in [-0.05, 0) is 36.8 Å². The number of aromatic nitrogens is 2. The van der Waals surface area contributed by atoms with Crippen molar-refractivity contribution in [2.45, 2.75) is 12.8 Å². The maximum atomic E-state index is 12.1. The molecule has 0 aliphatic carbocycles. The monoisotopic (exact) mass is 372 g/mol. The van der Waals surface area contributed by atoms with E-state index in [1.165, 1.54) is 0 Å². The number of anilines is 1. The summed E-state index contributed by atoms with van der Waals surface area (Å²) in [6, 6.07) is 8.90. The third-order valence-electron chi connectivity index (χ3n) is 4.39. The molecule has 0 bridgehead atoms. The SMILES string of the molecule is Cn1nccc1CCC(=O)Nc1ccc(OCC(=O)N2CCOCC2)cc1. The highest BCUT2D eigenvalue weighted by atomic mass is 16.5. The summed E-state index contributed by atoms with van der Waals surface area (Å²) in [6.07, 6.45) is 2.73. The fourth-order valence-corrected chi connectivity index (χ4v) is 2.80. The summed E-state index contributed by atoms with van der Waals surface area (Å²) in [5, 5.41) is 6.94. The Kier molecular flexibility index (Phi) is 6.43. The van der Waals surface area contributed by atoms with Gasteiger partial charge in [0.25, 0.3) is 5.91 Å². The van der Waals surface area contributed by atoms with E-state index in [1.54, 1.807) is 40.0 Å². The minimum Gasteiger partial charge on any atom is -0.484 e. The van der Waals surface area contributed by atoms with E-state index in [0.29, 0.717) is 50.6 Å². The summed E-state index contributed by atoms with van der Waals surface area (Å²) in [5.41, 5.74) is 1.70. The van der Waals surface area contributed by atoms with Crippen molar-refractivity contribution in [3.8, 4) is 5.75 Å². The molecule has 0 spiro atoms. The van der Waals surface area contributed by atoms with Gasteiger partial charge < -0.3 is 19.7 Å². The van der Waals surface area contributed by atoms with Crippen LogP contribution in [0.25, 0.3) is 0 Å². The first kappa shape index (κ1) is 18.9. The molecule has 0 radical (unpaired) electrons. The molecule has 0 unspecified atom stereocenters. The predicted octanol–water partition coefficient (Wildman–Crippen LogP) is 1.23. The Morgan fingerprint density at radius 2 is 1.93 bits per heavy atom. The second-order valence-corrected chi connectivity index (χ2v) is 6.30. The molecule has 1 aromatic heterocycles. The third kappa shape index (κ3) is 5.55. The van der Waals surface area contributed by atoms with Crippen LogP contribution in [0.15, 0.2) is 36.5 Å². The molecule has 1 aliphatic rings. The smallest absolute Gasteiger partial charge is 0.260 e. The van der Waals surface area contributed by atoms with Crippen LogP contribution in [0.5, 0.6) is 5.75 Å².